The number of aromatic nitrogens is 1. The molecule has 17 heavy (non-hydrogen) atoms. The molecular weight excluding hydrogens is 218 g/mol. The molecule has 0 bridgehead atoms. The number of hydrogen-bond acceptors (Lipinski definition) is 3. The maximum Gasteiger partial charge on any atom is 0.297 e. The second-order valence-electron chi connectivity index (χ2n) is 3.46. The Morgan fingerprint density at radius 1 is 1.12 bits per heavy atom. The van der Waals surface area contributed by atoms with Crippen LogP contribution in [0.4, 0.5) is 0 Å². The lowest BCUT2D eigenvalue weighted by Crippen LogP contribution is -2.20. The van der Waals surface area contributed by atoms with Crippen molar-refractivity contribution in [3.63, 3.8) is 0 Å². The molecule has 88 valence electrons. The lowest BCUT2D eigenvalue weighted by atomic mass is 10.3. The Kier molecular flexibility index (Phi) is 3.57. The average molecular weight is 231 g/mol. The van der Waals surface area contributed by atoms with Gasteiger partial charge in [-0.25, -0.2) is 0 Å². The van der Waals surface area contributed by atoms with E-state index in [4.69, 9.17) is 9.84 Å². The van der Waals surface area contributed by atoms with E-state index in [1.165, 1.54) is 4.57 Å². The van der Waals surface area contributed by atoms with Crippen LogP contribution in [0.2, 0.25) is 0 Å². The van der Waals surface area contributed by atoms with Crippen molar-refractivity contribution in [3.8, 4) is 11.4 Å². The third kappa shape index (κ3) is 2.54. The minimum atomic E-state index is -0.229. The topological polar surface area (TPSA) is 51.5 Å². The number of benzene rings is 1. The van der Waals surface area contributed by atoms with Crippen LogP contribution in [0, 0.1) is 0 Å². The SMILES string of the molecule is O=c1c(OCCO)cccn1-c1ccccc1. The first-order chi connectivity index (χ1) is 8.33. The van der Waals surface area contributed by atoms with Crippen LogP contribution >= 0.6 is 0 Å². The minimum absolute atomic E-state index is 0.111. The summed E-state index contributed by atoms with van der Waals surface area (Å²) >= 11 is 0. The van der Waals surface area contributed by atoms with Crippen molar-refractivity contribution in [2.45, 2.75) is 0 Å². The minimum Gasteiger partial charge on any atom is -0.485 e. The monoisotopic (exact) mass is 231 g/mol. The van der Waals surface area contributed by atoms with Gasteiger partial charge in [-0.15, -0.1) is 0 Å². The summed E-state index contributed by atoms with van der Waals surface area (Å²) in [5.74, 6) is 0.241. The second kappa shape index (κ2) is 5.32. The lowest BCUT2D eigenvalue weighted by molar-refractivity contribution is 0.199. The van der Waals surface area contributed by atoms with E-state index in [0.29, 0.717) is 0 Å². The Balaban J connectivity index is 2.40. The van der Waals surface area contributed by atoms with Crippen molar-refractivity contribution in [2.24, 2.45) is 0 Å². The van der Waals surface area contributed by atoms with Gasteiger partial charge in [0.15, 0.2) is 5.75 Å². The quantitative estimate of drug-likeness (QED) is 0.860. The van der Waals surface area contributed by atoms with Crippen LogP contribution in [0.1, 0.15) is 0 Å². The van der Waals surface area contributed by atoms with E-state index >= 15 is 0 Å². The van der Waals surface area contributed by atoms with E-state index < -0.39 is 0 Å². The summed E-state index contributed by atoms with van der Waals surface area (Å²) in [6, 6.07) is 12.6. The predicted octanol–water partition coefficient (Wildman–Crippen LogP) is 1.21. The van der Waals surface area contributed by atoms with Gasteiger partial charge in [0.05, 0.1) is 6.61 Å². The highest BCUT2D eigenvalue weighted by atomic mass is 16.5. The smallest absolute Gasteiger partial charge is 0.297 e. The summed E-state index contributed by atoms with van der Waals surface area (Å²) in [6.07, 6.45) is 1.68. The molecule has 2 aromatic rings. The molecule has 0 saturated carbocycles. The Hall–Kier alpha value is -2.07. The van der Waals surface area contributed by atoms with Crippen molar-refractivity contribution < 1.29 is 9.84 Å². The molecule has 1 N–H and O–H groups in total. The molecule has 2 rings (SSSR count). The number of nitrogens with zero attached hydrogens (tertiary/aromatic N) is 1. The fourth-order valence-corrected chi connectivity index (χ4v) is 1.53. The van der Waals surface area contributed by atoms with Crippen LogP contribution in [0.3, 0.4) is 0 Å². The Morgan fingerprint density at radius 3 is 2.59 bits per heavy atom. The summed E-state index contributed by atoms with van der Waals surface area (Å²) in [4.78, 5) is 12.0. The van der Waals surface area contributed by atoms with Crippen LogP contribution in [0.25, 0.3) is 5.69 Å². The molecule has 1 aromatic carbocycles. The molecule has 0 fully saturated rings. The van der Waals surface area contributed by atoms with Crippen molar-refractivity contribution in [1.29, 1.82) is 0 Å². The zero-order chi connectivity index (χ0) is 12.1. The number of rotatable bonds is 4. The van der Waals surface area contributed by atoms with Gasteiger partial charge in [-0.3, -0.25) is 9.36 Å². The predicted molar refractivity (Wildman–Crippen MR) is 64.6 cm³/mol. The lowest BCUT2D eigenvalue weighted by Gasteiger charge is -2.08. The first kappa shape index (κ1) is 11.4. The number of ether oxygens (including phenoxy) is 1. The van der Waals surface area contributed by atoms with Crippen molar-refractivity contribution in [3.05, 3.63) is 59.0 Å². The molecule has 0 radical (unpaired) electrons. The van der Waals surface area contributed by atoms with Gasteiger partial charge in [0.2, 0.25) is 0 Å². The Labute approximate surface area is 98.7 Å². The summed E-state index contributed by atoms with van der Waals surface area (Å²) in [7, 11) is 0. The number of hydrogen-bond donors (Lipinski definition) is 1. The molecule has 0 spiro atoms. The maximum atomic E-state index is 12.0. The van der Waals surface area contributed by atoms with Gasteiger partial charge in [0.25, 0.3) is 5.56 Å². The number of aliphatic hydroxyl groups is 1. The Morgan fingerprint density at radius 2 is 1.88 bits per heavy atom. The second-order valence-corrected chi connectivity index (χ2v) is 3.46. The molecule has 1 heterocycles. The van der Waals surface area contributed by atoms with Crippen LogP contribution in [-0.4, -0.2) is 22.9 Å². The van der Waals surface area contributed by atoms with E-state index in [-0.39, 0.29) is 24.5 Å². The van der Waals surface area contributed by atoms with Gasteiger partial charge in [0, 0.05) is 11.9 Å². The molecule has 0 saturated heterocycles. The normalized spacial score (nSPS) is 10.2. The van der Waals surface area contributed by atoms with E-state index in [0.717, 1.165) is 5.69 Å². The summed E-state index contributed by atoms with van der Waals surface area (Å²) in [5.41, 5.74) is 0.555. The van der Waals surface area contributed by atoms with Crippen LogP contribution in [0.5, 0.6) is 5.75 Å². The van der Waals surface area contributed by atoms with Crippen molar-refractivity contribution in [2.75, 3.05) is 13.2 Å². The molecule has 0 atom stereocenters. The molecule has 0 aliphatic carbocycles. The molecule has 0 aliphatic heterocycles. The highest BCUT2D eigenvalue weighted by Crippen LogP contribution is 2.07. The van der Waals surface area contributed by atoms with E-state index in [9.17, 15) is 4.79 Å². The Bertz CT molecular complexity index is 534. The zero-order valence-corrected chi connectivity index (χ0v) is 9.24. The van der Waals surface area contributed by atoms with Gasteiger partial charge in [0.1, 0.15) is 6.61 Å². The van der Waals surface area contributed by atoms with Crippen LogP contribution < -0.4 is 10.3 Å². The summed E-state index contributed by atoms with van der Waals surface area (Å²) in [5, 5.41) is 8.67. The number of aliphatic hydroxyl groups excluding tert-OH is 1. The number of para-hydroxylation sites is 1. The summed E-state index contributed by atoms with van der Waals surface area (Å²) < 4.78 is 6.67. The highest BCUT2D eigenvalue weighted by Gasteiger charge is 2.04. The molecule has 0 amide bonds. The first-order valence-electron chi connectivity index (χ1n) is 5.33. The van der Waals surface area contributed by atoms with E-state index in [1.54, 1.807) is 18.3 Å². The van der Waals surface area contributed by atoms with Gasteiger partial charge < -0.3 is 9.84 Å². The molecule has 4 heteroatoms. The molecule has 4 nitrogen and oxygen atoms in total. The number of pyridine rings is 1. The van der Waals surface area contributed by atoms with Crippen molar-refractivity contribution >= 4 is 0 Å². The standard InChI is InChI=1S/C13H13NO3/c15-9-10-17-12-7-4-8-14(13(12)16)11-5-2-1-3-6-11/h1-8,15H,9-10H2. The maximum absolute atomic E-state index is 12.0. The fourth-order valence-electron chi connectivity index (χ4n) is 1.53. The molecule has 0 aliphatic rings. The van der Waals surface area contributed by atoms with E-state index in [1.807, 2.05) is 30.3 Å². The van der Waals surface area contributed by atoms with E-state index in [2.05, 4.69) is 0 Å². The van der Waals surface area contributed by atoms with Gasteiger partial charge >= 0.3 is 0 Å². The molecule has 1 aromatic heterocycles. The molecule has 0 unspecified atom stereocenters. The van der Waals surface area contributed by atoms with Crippen LogP contribution in [-0.2, 0) is 0 Å². The van der Waals surface area contributed by atoms with Crippen molar-refractivity contribution in [1.82, 2.24) is 4.57 Å². The summed E-state index contributed by atoms with van der Waals surface area (Å²) in [6.45, 7) is 0.00765. The highest BCUT2D eigenvalue weighted by molar-refractivity contribution is 5.34. The van der Waals surface area contributed by atoms with Gasteiger partial charge in [-0.05, 0) is 24.3 Å². The fraction of sp³-hybridized carbons (Fsp3) is 0.154. The van der Waals surface area contributed by atoms with Gasteiger partial charge in [-0.1, -0.05) is 18.2 Å². The third-order valence-corrected chi connectivity index (χ3v) is 2.30. The van der Waals surface area contributed by atoms with Gasteiger partial charge in [-0.2, -0.15) is 0 Å². The zero-order valence-electron chi connectivity index (χ0n) is 9.24. The first-order valence-corrected chi connectivity index (χ1v) is 5.33. The average Bonchev–Trinajstić information content (AvgIpc) is 2.39. The third-order valence-electron chi connectivity index (χ3n) is 2.30. The van der Waals surface area contributed by atoms with Crippen LogP contribution in [0.15, 0.2) is 53.5 Å². The molecular formula is C13H13NO3. The largest absolute Gasteiger partial charge is 0.485 e.